The van der Waals surface area contributed by atoms with Crippen LogP contribution < -0.4 is 0 Å². The monoisotopic (exact) mass is 437 g/mol. The molecule has 0 saturated carbocycles. The number of phenolic OH excluding ortho intramolecular Hbond substituents is 1. The van der Waals surface area contributed by atoms with Gasteiger partial charge < -0.3 is 10.2 Å². The molecule has 0 spiro atoms. The van der Waals surface area contributed by atoms with Gasteiger partial charge in [0.2, 0.25) is 0 Å². The Morgan fingerprint density at radius 2 is 2.04 bits per heavy atom. The molecule has 0 radical (unpaired) electrons. The molecule has 26 heavy (non-hydrogen) atoms. The number of sulfonamides is 1. The van der Waals surface area contributed by atoms with Crippen LogP contribution in [0.15, 0.2) is 61.3 Å². The molecule has 136 valence electrons. The van der Waals surface area contributed by atoms with Gasteiger partial charge in [0.25, 0.3) is 10.0 Å². The molecule has 1 atom stereocenters. The Bertz CT molecular complexity index is 1000. The zero-order valence-electron chi connectivity index (χ0n) is 13.7. The van der Waals surface area contributed by atoms with E-state index in [9.17, 15) is 18.6 Å². The second kappa shape index (κ2) is 7.18. The average molecular weight is 438 g/mol. The first-order chi connectivity index (χ1) is 12.3. The largest absolute Gasteiger partial charge is 0.507 e. The van der Waals surface area contributed by atoms with E-state index >= 15 is 0 Å². The summed E-state index contributed by atoms with van der Waals surface area (Å²) in [6, 6.07) is 10.8. The van der Waals surface area contributed by atoms with Crippen LogP contribution in [-0.2, 0) is 10.0 Å². The molecule has 0 amide bonds. The van der Waals surface area contributed by atoms with Gasteiger partial charge in [0, 0.05) is 15.6 Å². The standard InChI is InChI=1S/C17H16BrN3O4S/c1-11(10-22)21(19-9-12-8-13(18)6-7-15(12)23)17-14-4-2-3-5-16(14)26(24,25)20-17/h2-9,11,22-23H,10H2,1H3. The molecule has 0 fully saturated rings. The summed E-state index contributed by atoms with van der Waals surface area (Å²) in [5, 5.41) is 25.1. The van der Waals surface area contributed by atoms with Crippen LogP contribution in [0.1, 0.15) is 18.1 Å². The Morgan fingerprint density at radius 3 is 2.77 bits per heavy atom. The van der Waals surface area contributed by atoms with Gasteiger partial charge in [-0.15, -0.1) is 4.40 Å². The average Bonchev–Trinajstić information content (AvgIpc) is 2.89. The summed E-state index contributed by atoms with van der Waals surface area (Å²) in [4.78, 5) is 0.102. The molecule has 2 aromatic carbocycles. The lowest BCUT2D eigenvalue weighted by molar-refractivity contribution is 0.196. The number of aliphatic hydroxyl groups is 1. The van der Waals surface area contributed by atoms with Crippen molar-refractivity contribution in [3.05, 3.63) is 58.1 Å². The Balaban J connectivity index is 2.06. The van der Waals surface area contributed by atoms with Crippen LogP contribution in [0.4, 0.5) is 0 Å². The third-order valence-corrected chi connectivity index (χ3v) is 5.64. The highest BCUT2D eigenvalue weighted by atomic mass is 79.9. The minimum Gasteiger partial charge on any atom is -0.507 e. The highest BCUT2D eigenvalue weighted by Crippen LogP contribution is 2.28. The molecule has 0 saturated heterocycles. The summed E-state index contributed by atoms with van der Waals surface area (Å²) in [5.74, 6) is 0.155. The predicted octanol–water partition coefficient (Wildman–Crippen LogP) is 2.32. The number of halogens is 1. The fraction of sp³-hybridized carbons (Fsp3) is 0.176. The van der Waals surface area contributed by atoms with E-state index in [0.717, 1.165) is 4.47 Å². The van der Waals surface area contributed by atoms with Crippen LogP contribution in [0.3, 0.4) is 0 Å². The van der Waals surface area contributed by atoms with Gasteiger partial charge in [0.1, 0.15) is 10.6 Å². The van der Waals surface area contributed by atoms with Gasteiger partial charge in [0.05, 0.1) is 18.9 Å². The SMILES string of the molecule is CC(CO)N(N=Cc1cc(Br)ccc1O)C1=NS(=O)(=O)c2ccccc21. The second-order valence-corrected chi connectivity index (χ2v) is 8.20. The second-order valence-electron chi connectivity index (χ2n) is 5.71. The maximum absolute atomic E-state index is 12.3. The van der Waals surface area contributed by atoms with Crippen molar-refractivity contribution in [2.24, 2.45) is 9.50 Å². The minimum absolute atomic E-state index is 0.0231. The Morgan fingerprint density at radius 1 is 1.31 bits per heavy atom. The van der Waals surface area contributed by atoms with Gasteiger partial charge in [-0.1, -0.05) is 28.1 Å². The molecule has 1 aliphatic rings. The van der Waals surface area contributed by atoms with Crippen LogP contribution in [0.25, 0.3) is 0 Å². The highest BCUT2D eigenvalue weighted by Gasteiger charge is 2.33. The van der Waals surface area contributed by atoms with E-state index in [1.54, 1.807) is 37.3 Å². The molecule has 7 nitrogen and oxygen atoms in total. The first-order valence-electron chi connectivity index (χ1n) is 7.70. The third-order valence-electron chi connectivity index (χ3n) is 3.82. The number of amidine groups is 1. The van der Waals surface area contributed by atoms with Crippen LogP contribution in [0, 0.1) is 0 Å². The van der Waals surface area contributed by atoms with E-state index in [1.807, 2.05) is 0 Å². The summed E-state index contributed by atoms with van der Waals surface area (Å²) < 4.78 is 29.1. The van der Waals surface area contributed by atoms with Gasteiger partial charge in [0.15, 0.2) is 5.84 Å². The smallest absolute Gasteiger partial charge is 0.285 e. The molecule has 2 aromatic rings. The van der Waals surface area contributed by atoms with E-state index < -0.39 is 16.1 Å². The molecular formula is C17H16BrN3O4S. The van der Waals surface area contributed by atoms with Gasteiger partial charge in [-0.2, -0.15) is 13.5 Å². The number of rotatable bonds is 4. The van der Waals surface area contributed by atoms with Crippen molar-refractivity contribution in [1.29, 1.82) is 0 Å². The number of nitrogens with zero attached hydrogens (tertiary/aromatic N) is 3. The van der Waals surface area contributed by atoms with Gasteiger partial charge in [-0.25, -0.2) is 5.01 Å². The zero-order chi connectivity index (χ0) is 18.9. The lowest BCUT2D eigenvalue weighted by Gasteiger charge is -2.24. The van der Waals surface area contributed by atoms with Crippen molar-refractivity contribution in [3.8, 4) is 5.75 Å². The third kappa shape index (κ3) is 3.50. The molecule has 0 aliphatic carbocycles. The number of aromatic hydroxyl groups is 1. The fourth-order valence-electron chi connectivity index (χ4n) is 2.46. The normalized spacial score (nSPS) is 16.3. The topological polar surface area (TPSA) is 103 Å². The summed E-state index contributed by atoms with van der Waals surface area (Å²) in [6.07, 6.45) is 1.39. The molecule has 1 heterocycles. The molecule has 2 N–H and O–H groups in total. The number of aliphatic hydroxyl groups excluding tert-OH is 1. The molecule has 0 aromatic heterocycles. The van der Waals surface area contributed by atoms with Crippen molar-refractivity contribution < 1.29 is 18.6 Å². The number of hydrogen-bond donors (Lipinski definition) is 2. The number of benzene rings is 2. The van der Waals surface area contributed by atoms with Crippen molar-refractivity contribution in [2.45, 2.75) is 17.9 Å². The Hall–Kier alpha value is -2.23. The maximum atomic E-state index is 12.3. The zero-order valence-corrected chi connectivity index (χ0v) is 16.1. The maximum Gasteiger partial charge on any atom is 0.285 e. The number of fused-ring (bicyclic) bond motifs is 1. The van der Waals surface area contributed by atoms with Crippen molar-refractivity contribution >= 4 is 38.0 Å². The Kier molecular flexibility index (Phi) is 5.12. The van der Waals surface area contributed by atoms with E-state index in [1.165, 1.54) is 23.4 Å². The van der Waals surface area contributed by atoms with Crippen molar-refractivity contribution in [1.82, 2.24) is 5.01 Å². The summed E-state index contributed by atoms with van der Waals surface area (Å²) in [5.41, 5.74) is 0.854. The van der Waals surface area contributed by atoms with E-state index in [-0.39, 0.29) is 23.1 Å². The van der Waals surface area contributed by atoms with E-state index in [0.29, 0.717) is 11.1 Å². The summed E-state index contributed by atoms with van der Waals surface area (Å²) >= 11 is 3.32. The summed E-state index contributed by atoms with van der Waals surface area (Å²) in [7, 11) is -3.81. The molecule has 0 bridgehead atoms. The van der Waals surface area contributed by atoms with Crippen LogP contribution >= 0.6 is 15.9 Å². The molecule has 3 rings (SSSR count). The van der Waals surface area contributed by atoms with Crippen LogP contribution in [0.5, 0.6) is 5.75 Å². The lowest BCUT2D eigenvalue weighted by Crippen LogP contribution is -2.36. The van der Waals surface area contributed by atoms with Gasteiger partial charge >= 0.3 is 0 Å². The molecular weight excluding hydrogens is 422 g/mol. The first kappa shape index (κ1) is 18.6. The molecule has 9 heteroatoms. The Labute approximate surface area is 159 Å². The number of hydrogen-bond acceptors (Lipinski definition) is 6. The van der Waals surface area contributed by atoms with Gasteiger partial charge in [-0.3, -0.25) is 0 Å². The fourth-order valence-corrected chi connectivity index (χ4v) is 4.04. The summed E-state index contributed by atoms with van der Waals surface area (Å²) in [6.45, 7) is 1.43. The van der Waals surface area contributed by atoms with Crippen molar-refractivity contribution in [2.75, 3.05) is 6.61 Å². The molecule has 1 aliphatic heterocycles. The van der Waals surface area contributed by atoms with Gasteiger partial charge in [-0.05, 0) is 37.3 Å². The number of hydrazone groups is 1. The first-order valence-corrected chi connectivity index (χ1v) is 9.94. The van der Waals surface area contributed by atoms with Crippen molar-refractivity contribution in [3.63, 3.8) is 0 Å². The van der Waals surface area contributed by atoms with E-state index in [2.05, 4.69) is 25.4 Å². The van der Waals surface area contributed by atoms with Crippen LogP contribution in [-0.4, -0.2) is 48.3 Å². The quantitative estimate of drug-likeness (QED) is 0.564. The molecule has 1 unspecified atom stereocenters. The highest BCUT2D eigenvalue weighted by molar-refractivity contribution is 9.10. The number of phenols is 1. The van der Waals surface area contributed by atoms with Crippen LogP contribution in [0.2, 0.25) is 0 Å². The lowest BCUT2D eigenvalue weighted by atomic mass is 10.2. The predicted molar refractivity (Wildman–Crippen MR) is 102 cm³/mol. The minimum atomic E-state index is -3.81. The van der Waals surface area contributed by atoms with E-state index in [4.69, 9.17) is 0 Å².